The van der Waals surface area contributed by atoms with Crippen LogP contribution in [0.2, 0.25) is 0 Å². The Morgan fingerprint density at radius 3 is 2.38 bits per heavy atom. The van der Waals surface area contributed by atoms with Gasteiger partial charge in [0.05, 0.1) is 18.3 Å². The third kappa shape index (κ3) is 3.71. The first-order chi connectivity index (χ1) is 7.67. The van der Waals surface area contributed by atoms with Crippen molar-refractivity contribution in [2.45, 2.75) is 57.7 Å². The fourth-order valence-electron chi connectivity index (χ4n) is 2.32. The molecule has 0 heterocycles. The number of halogens is 1. The van der Waals surface area contributed by atoms with Crippen LogP contribution in [0.1, 0.15) is 46.0 Å². The first kappa shape index (κ1) is 14.5. The second-order valence-corrected chi connectivity index (χ2v) is 5.56. The number of ether oxygens (including phenoxy) is 2. The Kier molecular flexibility index (Phi) is 6.30. The highest BCUT2D eigenvalue weighted by atomic mass is 79.9. The van der Waals surface area contributed by atoms with Crippen LogP contribution in [0.3, 0.4) is 0 Å². The molecule has 0 radical (unpaired) electrons. The SMILES string of the molecule is CCC(C)C(COC1(CBr)CCCC1)OC. The summed E-state index contributed by atoms with van der Waals surface area (Å²) < 4.78 is 11.7. The molecule has 3 heteroatoms. The lowest BCUT2D eigenvalue weighted by Crippen LogP contribution is -2.36. The van der Waals surface area contributed by atoms with Gasteiger partial charge in [-0.15, -0.1) is 0 Å². The zero-order chi connectivity index (χ0) is 12.0. The minimum atomic E-state index is 0.0875. The van der Waals surface area contributed by atoms with Gasteiger partial charge >= 0.3 is 0 Å². The van der Waals surface area contributed by atoms with Gasteiger partial charge in [0.25, 0.3) is 0 Å². The molecule has 1 aliphatic rings. The molecule has 0 aromatic carbocycles. The maximum atomic E-state index is 6.14. The van der Waals surface area contributed by atoms with E-state index in [1.807, 2.05) is 0 Å². The van der Waals surface area contributed by atoms with E-state index in [2.05, 4.69) is 29.8 Å². The number of hydrogen-bond acceptors (Lipinski definition) is 2. The molecule has 0 N–H and O–H groups in total. The van der Waals surface area contributed by atoms with Crippen LogP contribution < -0.4 is 0 Å². The first-order valence-corrected chi connectivity index (χ1v) is 7.52. The fraction of sp³-hybridized carbons (Fsp3) is 1.00. The molecular weight excluding hydrogens is 268 g/mol. The van der Waals surface area contributed by atoms with Gasteiger partial charge in [-0.1, -0.05) is 49.0 Å². The maximum absolute atomic E-state index is 6.14. The molecule has 2 unspecified atom stereocenters. The second-order valence-electron chi connectivity index (χ2n) is 4.99. The summed E-state index contributed by atoms with van der Waals surface area (Å²) in [7, 11) is 1.79. The Morgan fingerprint density at radius 1 is 1.31 bits per heavy atom. The van der Waals surface area contributed by atoms with Crippen molar-refractivity contribution in [1.82, 2.24) is 0 Å². The summed E-state index contributed by atoms with van der Waals surface area (Å²) in [5.41, 5.74) is 0.0875. The van der Waals surface area contributed by atoms with Gasteiger partial charge < -0.3 is 9.47 Å². The Morgan fingerprint density at radius 2 is 1.94 bits per heavy atom. The van der Waals surface area contributed by atoms with E-state index in [1.54, 1.807) is 7.11 Å². The Hall–Kier alpha value is 0.400. The van der Waals surface area contributed by atoms with Crippen molar-refractivity contribution in [3.8, 4) is 0 Å². The van der Waals surface area contributed by atoms with E-state index in [9.17, 15) is 0 Å². The Labute approximate surface area is 108 Å². The van der Waals surface area contributed by atoms with Crippen molar-refractivity contribution < 1.29 is 9.47 Å². The third-order valence-electron chi connectivity index (χ3n) is 3.89. The highest BCUT2D eigenvalue weighted by Gasteiger charge is 2.34. The van der Waals surface area contributed by atoms with Gasteiger partial charge in [0.2, 0.25) is 0 Å². The minimum absolute atomic E-state index is 0.0875. The molecule has 1 saturated carbocycles. The predicted octanol–water partition coefficient (Wildman–Crippen LogP) is 3.77. The molecule has 0 aliphatic heterocycles. The first-order valence-electron chi connectivity index (χ1n) is 6.40. The normalized spacial score (nSPS) is 23.2. The van der Waals surface area contributed by atoms with Gasteiger partial charge in [0.15, 0.2) is 0 Å². The third-order valence-corrected chi connectivity index (χ3v) is 4.92. The van der Waals surface area contributed by atoms with Gasteiger partial charge in [-0.25, -0.2) is 0 Å². The van der Waals surface area contributed by atoms with Gasteiger partial charge in [-0.05, 0) is 18.8 Å². The monoisotopic (exact) mass is 292 g/mol. The molecule has 0 aromatic heterocycles. The van der Waals surface area contributed by atoms with Gasteiger partial charge in [-0.2, -0.15) is 0 Å². The molecule has 2 nitrogen and oxygen atoms in total. The van der Waals surface area contributed by atoms with Crippen molar-refractivity contribution >= 4 is 15.9 Å². The number of rotatable bonds is 7. The lowest BCUT2D eigenvalue weighted by Gasteiger charge is -2.31. The molecule has 96 valence electrons. The van der Waals surface area contributed by atoms with Gasteiger partial charge in [0, 0.05) is 12.4 Å². The average Bonchev–Trinajstić information content (AvgIpc) is 2.79. The zero-order valence-electron chi connectivity index (χ0n) is 10.8. The largest absolute Gasteiger partial charge is 0.379 e. The summed E-state index contributed by atoms with van der Waals surface area (Å²) in [5, 5.41) is 0.955. The van der Waals surface area contributed by atoms with Gasteiger partial charge in [0.1, 0.15) is 0 Å². The van der Waals surface area contributed by atoms with Crippen LogP contribution in [0.25, 0.3) is 0 Å². The van der Waals surface area contributed by atoms with E-state index >= 15 is 0 Å². The fourth-order valence-corrected chi connectivity index (χ4v) is 3.04. The summed E-state index contributed by atoms with van der Waals surface area (Å²) in [4.78, 5) is 0. The van der Waals surface area contributed by atoms with Crippen LogP contribution in [0.5, 0.6) is 0 Å². The summed E-state index contributed by atoms with van der Waals surface area (Å²) in [6.07, 6.45) is 6.36. The molecule has 0 bridgehead atoms. The summed E-state index contributed by atoms with van der Waals surface area (Å²) >= 11 is 3.59. The summed E-state index contributed by atoms with van der Waals surface area (Å²) in [6, 6.07) is 0. The van der Waals surface area contributed by atoms with Crippen molar-refractivity contribution in [3.63, 3.8) is 0 Å². The lowest BCUT2D eigenvalue weighted by molar-refractivity contribution is -0.0863. The zero-order valence-corrected chi connectivity index (χ0v) is 12.4. The van der Waals surface area contributed by atoms with Crippen molar-refractivity contribution in [1.29, 1.82) is 0 Å². The molecule has 1 aliphatic carbocycles. The predicted molar refractivity (Wildman–Crippen MR) is 71.2 cm³/mol. The molecule has 0 saturated heterocycles. The van der Waals surface area contributed by atoms with Crippen molar-refractivity contribution in [2.75, 3.05) is 19.0 Å². The number of alkyl halides is 1. The molecule has 1 fully saturated rings. The second kappa shape index (κ2) is 6.97. The molecule has 16 heavy (non-hydrogen) atoms. The van der Waals surface area contributed by atoms with Crippen LogP contribution >= 0.6 is 15.9 Å². The lowest BCUT2D eigenvalue weighted by atomic mass is 10.0. The number of hydrogen-bond donors (Lipinski definition) is 0. The van der Waals surface area contributed by atoms with E-state index in [0.29, 0.717) is 5.92 Å². The average molecular weight is 293 g/mol. The van der Waals surface area contributed by atoms with Crippen molar-refractivity contribution in [3.05, 3.63) is 0 Å². The van der Waals surface area contributed by atoms with E-state index in [4.69, 9.17) is 9.47 Å². The molecular formula is C13H25BrO2. The van der Waals surface area contributed by atoms with Crippen LogP contribution in [0.4, 0.5) is 0 Å². The highest BCUT2D eigenvalue weighted by Crippen LogP contribution is 2.35. The molecule has 1 rings (SSSR count). The highest BCUT2D eigenvalue weighted by molar-refractivity contribution is 9.09. The molecule has 0 amide bonds. The minimum Gasteiger partial charge on any atom is -0.379 e. The van der Waals surface area contributed by atoms with Gasteiger partial charge in [-0.3, -0.25) is 0 Å². The quantitative estimate of drug-likeness (QED) is 0.665. The topological polar surface area (TPSA) is 18.5 Å². The molecule has 0 spiro atoms. The van der Waals surface area contributed by atoms with E-state index in [1.165, 1.54) is 25.7 Å². The summed E-state index contributed by atoms with van der Waals surface area (Å²) in [6.45, 7) is 5.16. The van der Waals surface area contributed by atoms with Crippen LogP contribution in [0, 0.1) is 5.92 Å². The molecule has 2 atom stereocenters. The summed E-state index contributed by atoms with van der Waals surface area (Å²) in [5.74, 6) is 0.568. The van der Waals surface area contributed by atoms with E-state index in [0.717, 1.165) is 18.4 Å². The smallest absolute Gasteiger partial charge is 0.0830 e. The van der Waals surface area contributed by atoms with Crippen molar-refractivity contribution in [2.24, 2.45) is 5.92 Å². The molecule has 0 aromatic rings. The van der Waals surface area contributed by atoms with Crippen LogP contribution in [-0.4, -0.2) is 30.8 Å². The van der Waals surface area contributed by atoms with E-state index in [-0.39, 0.29) is 11.7 Å². The van der Waals surface area contributed by atoms with Crippen LogP contribution in [0.15, 0.2) is 0 Å². The Balaban J connectivity index is 2.41. The Bertz CT molecular complexity index is 190. The van der Waals surface area contributed by atoms with Crippen LogP contribution in [-0.2, 0) is 9.47 Å². The number of methoxy groups -OCH3 is 1. The standard InChI is InChI=1S/C13H25BrO2/c1-4-11(2)12(15-3)9-16-13(10-14)7-5-6-8-13/h11-12H,4-10H2,1-3H3. The van der Waals surface area contributed by atoms with E-state index < -0.39 is 0 Å². The maximum Gasteiger partial charge on any atom is 0.0830 e.